The predicted octanol–water partition coefficient (Wildman–Crippen LogP) is 11.7. The number of benzene rings is 9. The van der Waals surface area contributed by atoms with Crippen LogP contribution in [0.1, 0.15) is 22.3 Å². The minimum absolute atomic E-state index is 0.681. The summed E-state index contributed by atoms with van der Waals surface area (Å²) in [6.45, 7) is 0. The van der Waals surface area contributed by atoms with E-state index >= 15 is 0 Å². The van der Waals surface area contributed by atoms with Crippen LogP contribution in [0.2, 0.25) is 0 Å². The van der Waals surface area contributed by atoms with E-state index in [-0.39, 0.29) is 0 Å². The van der Waals surface area contributed by atoms with Gasteiger partial charge in [0.05, 0.1) is 15.8 Å². The monoisotopic (exact) mass is 787 g/mol. The van der Waals surface area contributed by atoms with Crippen molar-refractivity contribution in [1.82, 2.24) is 0 Å². The molecule has 2 nitrogen and oxygen atoms in total. The van der Waals surface area contributed by atoms with Crippen LogP contribution < -0.4 is 30.4 Å². The second-order valence-electron chi connectivity index (χ2n) is 15.5. The van der Waals surface area contributed by atoms with Gasteiger partial charge in [-0.3, -0.25) is 0 Å². The van der Waals surface area contributed by atoms with E-state index in [4.69, 9.17) is 4.74 Å². The Balaban J connectivity index is 1.20. The van der Waals surface area contributed by atoms with Gasteiger partial charge in [0.25, 0.3) is 0 Å². The summed E-state index contributed by atoms with van der Waals surface area (Å²) >= 11 is 1.86. The molecule has 0 bridgehead atoms. The summed E-state index contributed by atoms with van der Waals surface area (Å²) in [7, 11) is -2.87. The van der Waals surface area contributed by atoms with Crippen LogP contribution in [-0.2, 0) is 5.41 Å². The lowest BCUT2D eigenvalue weighted by atomic mass is 9.63. The highest BCUT2D eigenvalue weighted by Crippen LogP contribution is 2.57. The summed E-state index contributed by atoms with van der Waals surface area (Å²) in [4.78, 5) is 2.44. The molecule has 0 atom stereocenters. The molecule has 3 heterocycles. The maximum absolute atomic E-state index is 7.01. The standard InChI is InChI=1S/C55H37NOSSi/c1-4-19-38(20-5-1)56(48-30-18-26-43-42-25-10-15-32-51(42)58-54(43)48)39-35-36-50-47(37-39)55(44-27-11-14-31-49(44)57-50)45-28-12-16-33-52(45)59(40-21-6-2-7-22-40,41-23-8-3-9-24-41)53-34-17-13-29-46(53)55/h1-37H. The van der Waals surface area contributed by atoms with Crippen molar-refractivity contribution in [3.8, 4) is 11.5 Å². The lowest BCUT2D eigenvalue weighted by molar-refractivity contribution is 0.435. The van der Waals surface area contributed by atoms with E-state index in [0.717, 1.165) is 39.7 Å². The molecule has 0 aliphatic carbocycles. The lowest BCUT2D eigenvalue weighted by Crippen LogP contribution is -2.79. The number of para-hydroxylation sites is 2. The van der Waals surface area contributed by atoms with Gasteiger partial charge < -0.3 is 9.64 Å². The second kappa shape index (κ2) is 13.3. The number of hydrogen-bond donors (Lipinski definition) is 0. The van der Waals surface area contributed by atoms with E-state index in [2.05, 4.69) is 229 Å². The Morgan fingerprint density at radius 2 is 0.949 bits per heavy atom. The molecule has 1 spiro atoms. The highest BCUT2D eigenvalue weighted by molar-refractivity contribution is 7.26. The molecule has 12 rings (SSSR count). The van der Waals surface area contributed by atoms with Crippen LogP contribution in [0, 0.1) is 0 Å². The number of ether oxygens (including phenoxy) is 1. The third-order valence-electron chi connectivity index (χ3n) is 12.7. The molecule has 278 valence electrons. The first kappa shape index (κ1) is 34.1. The first-order valence-corrected chi connectivity index (χ1v) is 23.1. The first-order valence-electron chi connectivity index (χ1n) is 20.3. The summed E-state index contributed by atoms with van der Waals surface area (Å²) in [6.07, 6.45) is 0. The zero-order valence-corrected chi connectivity index (χ0v) is 33.9. The summed E-state index contributed by atoms with van der Waals surface area (Å²) in [6, 6.07) is 83.1. The summed E-state index contributed by atoms with van der Waals surface area (Å²) in [5.74, 6) is 1.76. The zero-order valence-electron chi connectivity index (χ0n) is 32.1. The van der Waals surface area contributed by atoms with Gasteiger partial charge in [-0.2, -0.15) is 0 Å². The van der Waals surface area contributed by atoms with Gasteiger partial charge in [0.2, 0.25) is 0 Å². The van der Waals surface area contributed by atoms with Gasteiger partial charge >= 0.3 is 0 Å². The van der Waals surface area contributed by atoms with Crippen molar-refractivity contribution in [3.05, 3.63) is 247 Å². The van der Waals surface area contributed by atoms with Crippen molar-refractivity contribution in [2.45, 2.75) is 5.41 Å². The molecular weight excluding hydrogens is 751 g/mol. The largest absolute Gasteiger partial charge is 0.457 e. The topological polar surface area (TPSA) is 12.5 Å². The minimum Gasteiger partial charge on any atom is -0.457 e. The Kier molecular flexibility index (Phi) is 7.68. The molecule has 0 radical (unpaired) electrons. The fourth-order valence-corrected chi connectivity index (χ4v) is 16.9. The van der Waals surface area contributed by atoms with Gasteiger partial charge in [-0.05, 0) is 80.4 Å². The van der Waals surface area contributed by atoms with Crippen LogP contribution in [0.25, 0.3) is 20.2 Å². The highest BCUT2D eigenvalue weighted by Gasteiger charge is 2.57. The van der Waals surface area contributed by atoms with Gasteiger partial charge in [0.15, 0.2) is 8.07 Å². The Hall–Kier alpha value is -6.98. The Morgan fingerprint density at radius 3 is 1.64 bits per heavy atom. The summed E-state index contributed by atoms with van der Waals surface area (Å²) in [5, 5.41) is 8.12. The van der Waals surface area contributed by atoms with Crippen molar-refractivity contribution in [2.75, 3.05) is 4.90 Å². The van der Waals surface area contributed by atoms with Gasteiger partial charge in [-0.15, -0.1) is 11.3 Å². The number of fused-ring (bicyclic) bond motifs is 11. The molecule has 1 aromatic heterocycles. The average Bonchev–Trinajstić information content (AvgIpc) is 3.70. The molecule has 0 unspecified atom stereocenters. The third kappa shape index (κ3) is 4.79. The van der Waals surface area contributed by atoms with E-state index in [9.17, 15) is 0 Å². The first-order chi connectivity index (χ1) is 29.3. The molecule has 2 aliphatic heterocycles. The molecular formula is C55H37NOSSi. The van der Waals surface area contributed by atoms with Gasteiger partial charge in [-0.25, -0.2) is 0 Å². The molecule has 4 heteroatoms. The quantitative estimate of drug-likeness (QED) is 0.161. The third-order valence-corrected chi connectivity index (χ3v) is 18.8. The number of nitrogens with zero attached hydrogens (tertiary/aromatic N) is 1. The van der Waals surface area contributed by atoms with Gasteiger partial charge in [0, 0.05) is 38.0 Å². The fourth-order valence-electron chi connectivity index (χ4n) is 10.4. The lowest BCUT2D eigenvalue weighted by Gasteiger charge is -2.51. The smallest absolute Gasteiger partial charge is 0.180 e. The molecule has 59 heavy (non-hydrogen) atoms. The van der Waals surface area contributed by atoms with Crippen LogP contribution in [0.4, 0.5) is 17.1 Å². The Labute approximate surface area is 348 Å². The normalized spacial score (nSPS) is 14.2. The van der Waals surface area contributed by atoms with Gasteiger partial charge in [-0.1, -0.05) is 176 Å². The number of thiophene rings is 1. The van der Waals surface area contributed by atoms with Crippen LogP contribution in [0.15, 0.2) is 224 Å². The predicted molar refractivity (Wildman–Crippen MR) is 250 cm³/mol. The molecule has 0 fully saturated rings. The van der Waals surface area contributed by atoms with E-state index in [1.807, 2.05) is 11.3 Å². The molecule has 10 aromatic rings. The van der Waals surface area contributed by atoms with Crippen molar-refractivity contribution in [2.24, 2.45) is 0 Å². The second-order valence-corrected chi connectivity index (χ2v) is 20.3. The summed E-state index contributed by atoms with van der Waals surface area (Å²) < 4.78 is 9.56. The van der Waals surface area contributed by atoms with Crippen LogP contribution >= 0.6 is 11.3 Å². The van der Waals surface area contributed by atoms with E-state index in [0.29, 0.717) is 0 Å². The Bertz CT molecular complexity index is 3120. The summed E-state index contributed by atoms with van der Waals surface area (Å²) in [5.41, 5.74) is 7.58. The van der Waals surface area contributed by atoms with Crippen molar-refractivity contribution < 1.29 is 4.74 Å². The molecule has 2 aliphatic rings. The fraction of sp³-hybridized carbons (Fsp3) is 0.0182. The van der Waals surface area contributed by atoms with Crippen LogP contribution in [-0.4, -0.2) is 8.07 Å². The van der Waals surface area contributed by atoms with Crippen molar-refractivity contribution in [3.63, 3.8) is 0 Å². The van der Waals surface area contributed by atoms with Crippen molar-refractivity contribution in [1.29, 1.82) is 0 Å². The molecule has 0 saturated heterocycles. The van der Waals surface area contributed by atoms with E-state index < -0.39 is 13.5 Å². The number of hydrogen-bond acceptors (Lipinski definition) is 3. The number of anilines is 3. The van der Waals surface area contributed by atoms with Gasteiger partial charge in [0.1, 0.15) is 11.5 Å². The zero-order chi connectivity index (χ0) is 39.0. The van der Waals surface area contributed by atoms with Crippen LogP contribution in [0.5, 0.6) is 11.5 Å². The maximum atomic E-state index is 7.01. The molecule has 9 aromatic carbocycles. The van der Waals surface area contributed by atoms with E-state index in [1.165, 1.54) is 52.0 Å². The van der Waals surface area contributed by atoms with Crippen LogP contribution in [0.3, 0.4) is 0 Å². The van der Waals surface area contributed by atoms with E-state index in [1.54, 1.807) is 0 Å². The SMILES string of the molecule is c1ccc(N(c2ccc3c(c2)C2(c4ccccc4O3)c3ccccc3[Si](c3ccccc3)(c3ccccc3)c3ccccc32)c2cccc3c2sc2ccccc23)cc1. The highest BCUT2D eigenvalue weighted by atomic mass is 32.1. The average molecular weight is 788 g/mol. The Morgan fingerprint density at radius 1 is 0.407 bits per heavy atom. The minimum atomic E-state index is -2.87. The molecule has 0 N–H and O–H groups in total. The maximum Gasteiger partial charge on any atom is 0.180 e. The van der Waals surface area contributed by atoms with Crippen molar-refractivity contribution >= 4 is 77.4 Å². The molecule has 0 saturated carbocycles. The number of rotatable bonds is 5. The molecule has 0 amide bonds.